The lowest BCUT2D eigenvalue weighted by atomic mass is 10.2. The lowest BCUT2D eigenvalue weighted by Gasteiger charge is -1.92. The molecule has 2 aromatic rings. The third-order valence-corrected chi connectivity index (χ3v) is 2.23. The summed E-state index contributed by atoms with van der Waals surface area (Å²) in [5, 5.41) is 3.91. The van der Waals surface area contributed by atoms with E-state index in [9.17, 15) is 0 Å². The van der Waals surface area contributed by atoms with Crippen molar-refractivity contribution in [2.24, 2.45) is 5.73 Å². The van der Waals surface area contributed by atoms with Crippen molar-refractivity contribution in [1.82, 2.24) is 15.1 Å². The van der Waals surface area contributed by atoms with E-state index in [1.54, 1.807) is 12.4 Å². The third-order valence-electron chi connectivity index (χ3n) is 2.23. The van der Waals surface area contributed by atoms with E-state index in [-0.39, 0.29) is 0 Å². The van der Waals surface area contributed by atoms with Gasteiger partial charge in [0, 0.05) is 24.4 Å². The van der Waals surface area contributed by atoms with E-state index in [0.29, 0.717) is 18.3 Å². The Balaban J connectivity index is 2.02. The number of hydrogen-bond donors (Lipinski definition) is 1. The van der Waals surface area contributed by atoms with Gasteiger partial charge in [-0.3, -0.25) is 4.98 Å². The van der Waals surface area contributed by atoms with E-state index in [4.69, 9.17) is 10.3 Å². The SMILES string of the molecule is NCCCCc1nc(-c2cccnc2)no1. The highest BCUT2D eigenvalue weighted by molar-refractivity contribution is 5.51. The molecule has 2 N–H and O–H groups in total. The van der Waals surface area contributed by atoms with Crippen LogP contribution in [0.3, 0.4) is 0 Å². The van der Waals surface area contributed by atoms with Gasteiger partial charge in [-0.05, 0) is 31.5 Å². The molecule has 0 amide bonds. The van der Waals surface area contributed by atoms with E-state index in [2.05, 4.69) is 15.1 Å². The predicted molar refractivity (Wildman–Crippen MR) is 59.5 cm³/mol. The normalized spacial score (nSPS) is 10.6. The fourth-order valence-electron chi connectivity index (χ4n) is 1.39. The van der Waals surface area contributed by atoms with Gasteiger partial charge in [0.1, 0.15) is 0 Å². The summed E-state index contributed by atoms with van der Waals surface area (Å²) in [7, 11) is 0. The minimum atomic E-state index is 0.593. The fraction of sp³-hybridized carbons (Fsp3) is 0.364. The third kappa shape index (κ3) is 2.64. The number of rotatable bonds is 5. The van der Waals surface area contributed by atoms with Gasteiger partial charge in [-0.1, -0.05) is 5.16 Å². The maximum absolute atomic E-state index is 5.41. The number of aromatic nitrogens is 3. The molecule has 0 bridgehead atoms. The second-order valence-electron chi connectivity index (χ2n) is 3.50. The van der Waals surface area contributed by atoms with Crippen LogP contribution in [0.5, 0.6) is 0 Å². The number of unbranched alkanes of at least 4 members (excludes halogenated alkanes) is 1. The Morgan fingerprint density at radius 2 is 2.25 bits per heavy atom. The first kappa shape index (κ1) is 10.8. The summed E-state index contributed by atoms with van der Waals surface area (Å²) in [6, 6.07) is 3.75. The number of nitrogens with two attached hydrogens (primary N) is 1. The molecule has 0 aliphatic heterocycles. The average molecular weight is 218 g/mol. The highest BCUT2D eigenvalue weighted by Gasteiger charge is 2.07. The summed E-state index contributed by atoms with van der Waals surface area (Å²) in [6.07, 6.45) is 6.17. The molecule has 0 fully saturated rings. The van der Waals surface area contributed by atoms with E-state index < -0.39 is 0 Å². The quantitative estimate of drug-likeness (QED) is 0.768. The molecule has 0 unspecified atom stereocenters. The van der Waals surface area contributed by atoms with Gasteiger partial charge in [0.15, 0.2) is 0 Å². The maximum Gasteiger partial charge on any atom is 0.226 e. The van der Waals surface area contributed by atoms with Crippen LogP contribution in [0.25, 0.3) is 11.4 Å². The molecule has 84 valence electrons. The Morgan fingerprint density at radius 3 is 3.00 bits per heavy atom. The molecule has 0 saturated heterocycles. The Morgan fingerprint density at radius 1 is 1.31 bits per heavy atom. The Kier molecular flexibility index (Phi) is 3.61. The highest BCUT2D eigenvalue weighted by atomic mass is 16.5. The topological polar surface area (TPSA) is 77.8 Å². The van der Waals surface area contributed by atoms with Crippen LogP contribution >= 0.6 is 0 Å². The van der Waals surface area contributed by atoms with Crippen LogP contribution in [-0.4, -0.2) is 21.7 Å². The molecule has 0 atom stereocenters. The van der Waals surface area contributed by atoms with Crippen molar-refractivity contribution in [2.75, 3.05) is 6.54 Å². The van der Waals surface area contributed by atoms with Crippen molar-refractivity contribution in [1.29, 1.82) is 0 Å². The predicted octanol–water partition coefficient (Wildman–Crippen LogP) is 1.41. The molecule has 5 heteroatoms. The van der Waals surface area contributed by atoms with Crippen LogP contribution in [0.1, 0.15) is 18.7 Å². The van der Waals surface area contributed by atoms with Crippen molar-refractivity contribution in [3.63, 3.8) is 0 Å². The monoisotopic (exact) mass is 218 g/mol. The summed E-state index contributed by atoms with van der Waals surface area (Å²) in [5.74, 6) is 1.25. The van der Waals surface area contributed by atoms with Crippen LogP contribution in [0.15, 0.2) is 29.0 Å². The molecule has 2 heterocycles. The summed E-state index contributed by atoms with van der Waals surface area (Å²) in [4.78, 5) is 8.30. The Bertz CT molecular complexity index is 427. The first-order valence-electron chi connectivity index (χ1n) is 5.33. The lowest BCUT2D eigenvalue weighted by Crippen LogP contribution is -1.99. The first-order chi connectivity index (χ1) is 7.90. The van der Waals surface area contributed by atoms with Gasteiger partial charge in [0.05, 0.1) is 0 Å². The second kappa shape index (κ2) is 5.37. The van der Waals surface area contributed by atoms with Crippen molar-refractivity contribution in [2.45, 2.75) is 19.3 Å². The van der Waals surface area contributed by atoms with Gasteiger partial charge >= 0.3 is 0 Å². The van der Waals surface area contributed by atoms with Crippen LogP contribution in [0, 0.1) is 0 Å². The van der Waals surface area contributed by atoms with Crippen LogP contribution in [-0.2, 0) is 6.42 Å². The molecular formula is C11H14N4O. The van der Waals surface area contributed by atoms with Crippen LogP contribution in [0.4, 0.5) is 0 Å². The van der Waals surface area contributed by atoms with Crippen molar-refractivity contribution in [3.05, 3.63) is 30.4 Å². The molecule has 2 aromatic heterocycles. The average Bonchev–Trinajstić information content (AvgIpc) is 2.79. The van der Waals surface area contributed by atoms with Crippen molar-refractivity contribution < 1.29 is 4.52 Å². The minimum absolute atomic E-state index is 0.593. The molecule has 2 rings (SSSR count). The summed E-state index contributed by atoms with van der Waals surface area (Å²) < 4.78 is 5.14. The second-order valence-corrected chi connectivity index (χ2v) is 3.50. The molecule has 0 radical (unpaired) electrons. The first-order valence-corrected chi connectivity index (χ1v) is 5.33. The zero-order valence-corrected chi connectivity index (χ0v) is 8.97. The number of aryl methyl sites for hydroxylation is 1. The smallest absolute Gasteiger partial charge is 0.226 e. The van der Waals surface area contributed by atoms with E-state index in [0.717, 1.165) is 24.8 Å². The lowest BCUT2D eigenvalue weighted by molar-refractivity contribution is 0.375. The van der Waals surface area contributed by atoms with Crippen LogP contribution < -0.4 is 5.73 Å². The van der Waals surface area contributed by atoms with Gasteiger partial charge in [0.2, 0.25) is 11.7 Å². The van der Waals surface area contributed by atoms with Gasteiger partial charge in [-0.2, -0.15) is 4.98 Å². The summed E-state index contributed by atoms with van der Waals surface area (Å²) in [6.45, 7) is 0.698. The number of nitrogens with zero attached hydrogens (tertiary/aromatic N) is 3. The van der Waals surface area contributed by atoms with Gasteiger partial charge in [0.25, 0.3) is 0 Å². The fourth-order valence-corrected chi connectivity index (χ4v) is 1.39. The Labute approximate surface area is 93.7 Å². The summed E-state index contributed by atoms with van der Waals surface area (Å²) >= 11 is 0. The summed E-state index contributed by atoms with van der Waals surface area (Å²) in [5.41, 5.74) is 6.29. The molecular weight excluding hydrogens is 204 g/mol. The van der Waals surface area contributed by atoms with Gasteiger partial charge in [-0.15, -0.1) is 0 Å². The Hall–Kier alpha value is -1.75. The zero-order valence-electron chi connectivity index (χ0n) is 8.97. The van der Waals surface area contributed by atoms with E-state index in [1.165, 1.54) is 0 Å². The van der Waals surface area contributed by atoms with Crippen molar-refractivity contribution >= 4 is 0 Å². The number of hydrogen-bond acceptors (Lipinski definition) is 5. The van der Waals surface area contributed by atoms with Crippen LogP contribution in [0.2, 0.25) is 0 Å². The van der Waals surface area contributed by atoms with Gasteiger partial charge < -0.3 is 10.3 Å². The number of pyridine rings is 1. The standard InChI is InChI=1S/C11H14N4O/c12-6-2-1-5-10-14-11(15-16-10)9-4-3-7-13-8-9/h3-4,7-8H,1-2,5-6,12H2. The molecule has 0 aromatic carbocycles. The molecule has 0 saturated carbocycles. The molecule has 0 aliphatic rings. The van der Waals surface area contributed by atoms with Crippen molar-refractivity contribution in [3.8, 4) is 11.4 Å². The molecule has 0 aliphatic carbocycles. The zero-order chi connectivity index (χ0) is 11.2. The molecule has 5 nitrogen and oxygen atoms in total. The van der Waals surface area contributed by atoms with E-state index >= 15 is 0 Å². The molecule has 0 spiro atoms. The van der Waals surface area contributed by atoms with E-state index in [1.807, 2.05) is 12.1 Å². The largest absolute Gasteiger partial charge is 0.339 e. The maximum atomic E-state index is 5.41. The highest BCUT2D eigenvalue weighted by Crippen LogP contribution is 2.14. The minimum Gasteiger partial charge on any atom is -0.339 e. The molecule has 16 heavy (non-hydrogen) atoms. The van der Waals surface area contributed by atoms with Gasteiger partial charge in [-0.25, -0.2) is 0 Å².